The van der Waals surface area contributed by atoms with E-state index in [4.69, 9.17) is 11.6 Å². The summed E-state index contributed by atoms with van der Waals surface area (Å²) >= 11 is 6.53. The quantitative estimate of drug-likeness (QED) is 0.390. The van der Waals surface area contributed by atoms with E-state index in [0.29, 0.717) is 45.0 Å². The molecule has 1 aromatic carbocycles. The molecule has 1 fully saturated rings. The number of halogens is 1. The third-order valence-electron chi connectivity index (χ3n) is 5.78. The molecule has 1 aliphatic rings. The van der Waals surface area contributed by atoms with Crippen LogP contribution in [-0.2, 0) is 0 Å². The van der Waals surface area contributed by atoms with Crippen LogP contribution in [0.2, 0.25) is 5.02 Å². The van der Waals surface area contributed by atoms with Crippen LogP contribution in [0.15, 0.2) is 16.9 Å². The molecule has 0 aliphatic heterocycles. The Kier molecular flexibility index (Phi) is 4.54. The lowest BCUT2D eigenvalue weighted by atomic mass is 10.1. The van der Waals surface area contributed by atoms with Crippen LogP contribution in [-0.4, -0.2) is 35.3 Å². The molecule has 3 heterocycles. The number of aryl methyl sites for hydroxylation is 1. The molecule has 9 nitrogen and oxygen atoms in total. The average molecular weight is 425 g/mol. The molecule has 3 aromatic heterocycles. The van der Waals surface area contributed by atoms with Gasteiger partial charge in [-0.05, 0) is 38.8 Å². The molecule has 4 aromatic rings. The zero-order valence-corrected chi connectivity index (χ0v) is 17.4. The number of aromatic amines is 3. The molecular weight excluding hydrogens is 404 g/mol. The van der Waals surface area contributed by atoms with Crippen molar-refractivity contribution in [3.8, 4) is 11.4 Å². The summed E-state index contributed by atoms with van der Waals surface area (Å²) < 4.78 is 0. The molecule has 0 unspecified atom stereocenters. The van der Waals surface area contributed by atoms with Gasteiger partial charge >= 0.3 is 0 Å². The van der Waals surface area contributed by atoms with Crippen LogP contribution in [0.5, 0.6) is 0 Å². The second-order valence-electron chi connectivity index (χ2n) is 7.69. The summed E-state index contributed by atoms with van der Waals surface area (Å²) in [6, 6.07) is 3.58. The molecule has 0 atom stereocenters. The first kappa shape index (κ1) is 18.8. The van der Waals surface area contributed by atoms with Crippen LogP contribution >= 0.6 is 11.6 Å². The Hall–Kier alpha value is -3.20. The summed E-state index contributed by atoms with van der Waals surface area (Å²) in [4.78, 5) is 25.9. The van der Waals surface area contributed by atoms with Gasteiger partial charge in [-0.3, -0.25) is 20.1 Å². The van der Waals surface area contributed by atoms with Gasteiger partial charge in [-0.15, -0.1) is 5.10 Å². The van der Waals surface area contributed by atoms with Crippen LogP contribution in [0.4, 0.5) is 11.8 Å². The first-order valence-corrected chi connectivity index (χ1v) is 10.3. The second-order valence-corrected chi connectivity index (χ2v) is 8.06. The van der Waals surface area contributed by atoms with E-state index in [-0.39, 0.29) is 5.56 Å². The van der Waals surface area contributed by atoms with Crippen LogP contribution in [0.1, 0.15) is 48.7 Å². The van der Waals surface area contributed by atoms with Crippen molar-refractivity contribution in [1.29, 1.82) is 0 Å². The van der Waals surface area contributed by atoms with E-state index in [9.17, 15) is 4.79 Å². The zero-order chi connectivity index (χ0) is 20.8. The summed E-state index contributed by atoms with van der Waals surface area (Å²) in [6.45, 7) is 3.84. The van der Waals surface area contributed by atoms with Gasteiger partial charge in [0.2, 0.25) is 5.95 Å². The van der Waals surface area contributed by atoms with Crippen molar-refractivity contribution < 1.29 is 0 Å². The molecular formula is C20H21ClN8O. The predicted octanol–water partition coefficient (Wildman–Crippen LogP) is 4.10. The minimum Gasteiger partial charge on any atom is -0.307 e. The third-order valence-corrected chi connectivity index (χ3v) is 6.18. The highest BCUT2D eigenvalue weighted by atomic mass is 35.5. The largest absolute Gasteiger partial charge is 0.307 e. The number of anilines is 2. The van der Waals surface area contributed by atoms with E-state index in [2.05, 4.69) is 40.7 Å². The number of fused-ring (bicyclic) bond motifs is 1. The van der Waals surface area contributed by atoms with Crippen molar-refractivity contribution in [2.45, 2.75) is 45.4 Å². The molecule has 0 spiro atoms. The van der Waals surface area contributed by atoms with Crippen molar-refractivity contribution in [3.63, 3.8) is 0 Å². The summed E-state index contributed by atoms with van der Waals surface area (Å²) in [5.41, 5.74) is 2.63. The topological polar surface area (TPSA) is 128 Å². The van der Waals surface area contributed by atoms with E-state index < -0.39 is 0 Å². The van der Waals surface area contributed by atoms with Crippen LogP contribution < -0.4 is 10.9 Å². The van der Waals surface area contributed by atoms with E-state index in [0.717, 1.165) is 29.9 Å². The van der Waals surface area contributed by atoms with Gasteiger partial charge in [-0.2, -0.15) is 4.98 Å². The minimum atomic E-state index is -0.279. The maximum absolute atomic E-state index is 12.1. The summed E-state index contributed by atoms with van der Waals surface area (Å²) in [5.74, 6) is 2.88. The summed E-state index contributed by atoms with van der Waals surface area (Å²) in [7, 11) is 0. The monoisotopic (exact) mass is 424 g/mol. The number of hydrogen-bond donors (Lipinski definition) is 4. The Bertz CT molecular complexity index is 1300. The SMILES string of the molecule is Cc1nc(-c2ccc3[nH][nH]c(=O)c3c2Cl)nc(Nc2n[nH]c(C3CCCC3)n2)c1C. The van der Waals surface area contributed by atoms with Gasteiger partial charge in [-0.1, -0.05) is 24.4 Å². The molecule has 5 rings (SSSR count). The van der Waals surface area contributed by atoms with Gasteiger partial charge in [-0.25, -0.2) is 9.97 Å². The van der Waals surface area contributed by atoms with Crippen LogP contribution in [0.25, 0.3) is 22.3 Å². The maximum atomic E-state index is 12.1. The molecule has 30 heavy (non-hydrogen) atoms. The standard InChI is InChI=1S/C20H21ClN8O/c1-9-10(2)22-18(12-7-8-13-14(15(12)21)19(30)28-26-13)23-16(9)24-20-25-17(27-29-20)11-5-3-4-6-11/h7-8,11H,3-6H2,1-2H3,(H2,26,28,30)(H2,22,23,24,25,27,29). The number of aromatic nitrogens is 7. The van der Waals surface area contributed by atoms with Crippen molar-refractivity contribution in [2.24, 2.45) is 0 Å². The number of rotatable bonds is 4. The van der Waals surface area contributed by atoms with E-state index in [1.165, 1.54) is 12.8 Å². The Balaban J connectivity index is 1.53. The van der Waals surface area contributed by atoms with Gasteiger partial charge in [0.15, 0.2) is 5.82 Å². The highest BCUT2D eigenvalue weighted by Gasteiger charge is 2.21. The van der Waals surface area contributed by atoms with Gasteiger partial charge < -0.3 is 5.32 Å². The Morgan fingerprint density at radius 3 is 2.70 bits per heavy atom. The third kappa shape index (κ3) is 3.15. The average Bonchev–Trinajstić information content (AvgIpc) is 3.47. The molecule has 0 saturated heterocycles. The van der Waals surface area contributed by atoms with Gasteiger partial charge in [0.05, 0.1) is 15.9 Å². The van der Waals surface area contributed by atoms with Crippen LogP contribution in [0, 0.1) is 13.8 Å². The number of benzene rings is 1. The minimum absolute atomic E-state index is 0.279. The fourth-order valence-electron chi connectivity index (χ4n) is 3.95. The Morgan fingerprint density at radius 1 is 1.10 bits per heavy atom. The van der Waals surface area contributed by atoms with Crippen molar-refractivity contribution in [3.05, 3.63) is 44.6 Å². The van der Waals surface area contributed by atoms with Crippen molar-refractivity contribution in [1.82, 2.24) is 35.3 Å². The van der Waals surface area contributed by atoms with Crippen molar-refractivity contribution >= 4 is 34.3 Å². The lowest BCUT2D eigenvalue weighted by Gasteiger charge is -2.11. The normalized spacial score (nSPS) is 14.6. The maximum Gasteiger partial charge on any atom is 0.273 e. The van der Waals surface area contributed by atoms with Gasteiger partial charge in [0, 0.05) is 22.7 Å². The molecule has 0 radical (unpaired) electrons. The van der Waals surface area contributed by atoms with Crippen molar-refractivity contribution in [2.75, 3.05) is 5.32 Å². The van der Waals surface area contributed by atoms with Crippen LogP contribution in [0.3, 0.4) is 0 Å². The Morgan fingerprint density at radius 2 is 1.90 bits per heavy atom. The molecule has 10 heteroatoms. The predicted molar refractivity (Wildman–Crippen MR) is 115 cm³/mol. The van der Waals surface area contributed by atoms with Gasteiger partial charge in [0.25, 0.3) is 5.56 Å². The smallest absolute Gasteiger partial charge is 0.273 e. The molecule has 0 bridgehead atoms. The highest BCUT2D eigenvalue weighted by Crippen LogP contribution is 2.34. The number of nitrogens with zero attached hydrogens (tertiary/aromatic N) is 4. The van der Waals surface area contributed by atoms with Gasteiger partial charge in [0.1, 0.15) is 11.6 Å². The van der Waals surface area contributed by atoms with E-state index >= 15 is 0 Å². The fourth-order valence-corrected chi connectivity index (χ4v) is 4.29. The Labute approximate surface area is 176 Å². The molecule has 1 aliphatic carbocycles. The zero-order valence-electron chi connectivity index (χ0n) is 16.6. The summed E-state index contributed by atoms with van der Waals surface area (Å²) in [5, 5.41) is 16.6. The molecule has 0 amide bonds. The molecule has 1 saturated carbocycles. The van der Waals surface area contributed by atoms with E-state index in [1.807, 2.05) is 13.8 Å². The summed E-state index contributed by atoms with van der Waals surface area (Å²) in [6.07, 6.45) is 4.75. The number of nitrogens with one attached hydrogen (secondary N) is 4. The number of hydrogen-bond acceptors (Lipinski definition) is 6. The van der Waals surface area contributed by atoms with E-state index in [1.54, 1.807) is 12.1 Å². The second kappa shape index (κ2) is 7.24. The highest BCUT2D eigenvalue weighted by molar-refractivity contribution is 6.38. The first-order chi connectivity index (χ1) is 14.5. The number of H-pyrrole nitrogens is 3. The molecule has 154 valence electrons. The first-order valence-electron chi connectivity index (χ1n) is 9.95. The molecule has 4 N–H and O–H groups in total. The lowest BCUT2D eigenvalue weighted by molar-refractivity contribution is 0.672. The fraction of sp³-hybridized carbons (Fsp3) is 0.350. The lowest BCUT2D eigenvalue weighted by Crippen LogP contribution is -2.05.